The van der Waals surface area contributed by atoms with Crippen molar-refractivity contribution in [2.75, 3.05) is 0 Å². The van der Waals surface area contributed by atoms with Crippen LogP contribution in [0.5, 0.6) is 0 Å². The molecular formula is C11H11N2. The fraction of sp³-hybridized carbons (Fsp3) is 0.0909. The minimum Gasteiger partial charge on any atom is -0.325 e. The predicted octanol–water partition coefficient (Wildman–Crippen LogP) is 1.88. The molecule has 1 aromatic carbocycles. The van der Waals surface area contributed by atoms with Gasteiger partial charge in [-0.25, -0.2) is 0 Å². The van der Waals surface area contributed by atoms with E-state index in [-0.39, 0.29) is 0 Å². The maximum atomic E-state index is 5.50. The van der Waals surface area contributed by atoms with Gasteiger partial charge in [0.25, 0.3) is 0 Å². The lowest BCUT2D eigenvalue weighted by atomic mass is 10.1. The second-order valence-electron chi connectivity index (χ2n) is 3.03. The third-order valence-corrected chi connectivity index (χ3v) is 2.02. The van der Waals surface area contributed by atoms with E-state index in [0.29, 0.717) is 6.54 Å². The van der Waals surface area contributed by atoms with Gasteiger partial charge in [-0.3, -0.25) is 4.98 Å². The maximum absolute atomic E-state index is 5.50. The summed E-state index contributed by atoms with van der Waals surface area (Å²) < 4.78 is 0. The lowest BCUT2D eigenvalue weighted by Crippen LogP contribution is -1.98. The van der Waals surface area contributed by atoms with E-state index in [4.69, 9.17) is 5.73 Å². The summed E-state index contributed by atoms with van der Waals surface area (Å²) in [4.78, 5) is 4.38. The van der Waals surface area contributed by atoms with E-state index in [2.05, 4.69) is 11.9 Å². The molecule has 2 aromatic rings. The summed E-state index contributed by atoms with van der Waals surface area (Å²) in [5.74, 6) is 0. The average molecular weight is 171 g/mol. The largest absolute Gasteiger partial charge is 0.325 e. The molecule has 1 radical (unpaired) electrons. The van der Waals surface area contributed by atoms with Gasteiger partial charge in [0.1, 0.15) is 0 Å². The van der Waals surface area contributed by atoms with Crippen LogP contribution in [-0.2, 0) is 6.54 Å². The van der Waals surface area contributed by atoms with Crippen LogP contribution in [0.3, 0.4) is 0 Å². The summed E-state index contributed by atoms with van der Waals surface area (Å²) in [7, 11) is 0. The second kappa shape index (κ2) is 3.15. The van der Waals surface area contributed by atoms with Gasteiger partial charge in [-0.05, 0) is 30.7 Å². The molecule has 0 saturated heterocycles. The number of aromatic nitrogens is 1. The summed E-state index contributed by atoms with van der Waals surface area (Å²) in [6, 6.07) is 9.91. The van der Waals surface area contributed by atoms with Gasteiger partial charge in [0.2, 0.25) is 0 Å². The first-order valence-electron chi connectivity index (χ1n) is 4.21. The van der Waals surface area contributed by atoms with Gasteiger partial charge in [-0.1, -0.05) is 12.1 Å². The highest BCUT2D eigenvalue weighted by molar-refractivity contribution is 5.79. The van der Waals surface area contributed by atoms with Gasteiger partial charge >= 0.3 is 0 Å². The lowest BCUT2D eigenvalue weighted by Gasteiger charge is -2.00. The highest BCUT2D eigenvalue weighted by Crippen LogP contribution is 2.13. The van der Waals surface area contributed by atoms with Crippen LogP contribution >= 0.6 is 0 Å². The normalized spacial score (nSPS) is 10.6. The molecule has 13 heavy (non-hydrogen) atoms. The van der Waals surface area contributed by atoms with E-state index in [1.807, 2.05) is 30.3 Å². The zero-order valence-corrected chi connectivity index (χ0v) is 7.33. The fourth-order valence-electron chi connectivity index (χ4n) is 1.33. The van der Waals surface area contributed by atoms with Crippen molar-refractivity contribution in [1.29, 1.82) is 0 Å². The molecule has 65 valence electrons. The molecule has 2 nitrogen and oxygen atoms in total. The Kier molecular flexibility index (Phi) is 1.99. The number of hydrogen-bond donors (Lipinski definition) is 1. The van der Waals surface area contributed by atoms with Crippen molar-refractivity contribution in [2.45, 2.75) is 6.54 Å². The van der Waals surface area contributed by atoms with Crippen LogP contribution in [0.1, 0.15) is 11.3 Å². The van der Waals surface area contributed by atoms with Gasteiger partial charge in [-0.2, -0.15) is 0 Å². The molecule has 0 amide bonds. The minimum atomic E-state index is 0.488. The van der Waals surface area contributed by atoms with Crippen LogP contribution in [0.15, 0.2) is 30.3 Å². The van der Waals surface area contributed by atoms with Crippen LogP contribution in [-0.4, -0.2) is 4.98 Å². The Morgan fingerprint density at radius 3 is 2.85 bits per heavy atom. The van der Waals surface area contributed by atoms with Crippen LogP contribution in [0.4, 0.5) is 0 Å². The molecule has 0 bridgehead atoms. The van der Waals surface area contributed by atoms with Crippen LogP contribution in [0.2, 0.25) is 0 Å². The number of hydrogen-bond acceptors (Lipinski definition) is 2. The zero-order valence-electron chi connectivity index (χ0n) is 7.33. The maximum Gasteiger partial charge on any atom is 0.0706 e. The first-order chi connectivity index (χ1) is 6.29. The van der Waals surface area contributed by atoms with Crippen molar-refractivity contribution in [3.63, 3.8) is 0 Å². The van der Waals surface area contributed by atoms with E-state index in [9.17, 15) is 0 Å². The molecule has 0 aliphatic carbocycles. The van der Waals surface area contributed by atoms with Crippen molar-refractivity contribution in [1.82, 2.24) is 4.98 Å². The molecule has 2 N–H and O–H groups in total. The highest BCUT2D eigenvalue weighted by Gasteiger charge is 1.96. The smallest absolute Gasteiger partial charge is 0.0706 e. The van der Waals surface area contributed by atoms with Gasteiger partial charge in [0.05, 0.1) is 11.2 Å². The number of fused-ring (bicyclic) bond motifs is 1. The van der Waals surface area contributed by atoms with Crippen LogP contribution < -0.4 is 5.73 Å². The monoisotopic (exact) mass is 171 g/mol. The average Bonchev–Trinajstić information content (AvgIpc) is 2.17. The Morgan fingerprint density at radius 1 is 1.23 bits per heavy atom. The quantitative estimate of drug-likeness (QED) is 0.711. The third kappa shape index (κ3) is 1.53. The molecule has 1 aromatic heterocycles. The SMILES string of the molecule is [CH2]c1ccc2nc(CN)ccc2c1. The first-order valence-corrected chi connectivity index (χ1v) is 4.21. The molecule has 1 heterocycles. The molecular weight excluding hydrogens is 160 g/mol. The van der Waals surface area contributed by atoms with E-state index in [1.165, 1.54) is 0 Å². The Bertz CT molecular complexity index is 435. The first kappa shape index (κ1) is 8.20. The highest BCUT2D eigenvalue weighted by atomic mass is 14.7. The third-order valence-electron chi connectivity index (χ3n) is 2.02. The number of rotatable bonds is 1. The van der Waals surface area contributed by atoms with E-state index in [1.54, 1.807) is 0 Å². The molecule has 0 unspecified atom stereocenters. The van der Waals surface area contributed by atoms with Crippen molar-refractivity contribution in [2.24, 2.45) is 5.73 Å². The summed E-state index contributed by atoms with van der Waals surface area (Å²) in [6.45, 7) is 4.35. The van der Waals surface area contributed by atoms with Gasteiger partial charge in [-0.15, -0.1) is 0 Å². The van der Waals surface area contributed by atoms with Crippen LogP contribution in [0.25, 0.3) is 10.9 Å². The topological polar surface area (TPSA) is 38.9 Å². The molecule has 0 atom stereocenters. The molecule has 2 heteroatoms. The van der Waals surface area contributed by atoms with Gasteiger partial charge in [0, 0.05) is 11.9 Å². The van der Waals surface area contributed by atoms with Crippen LogP contribution in [0, 0.1) is 6.92 Å². The second-order valence-corrected chi connectivity index (χ2v) is 3.03. The number of nitrogens with zero attached hydrogens (tertiary/aromatic N) is 1. The molecule has 2 rings (SSSR count). The molecule has 0 fully saturated rings. The van der Waals surface area contributed by atoms with Crippen molar-refractivity contribution < 1.29 is 0 Å². The van der Waals surface area contributed by atoms with Gasteiger partial charge in [0.15, 0.2) is 0 Å². The Morgan fingerprint density at radius 2 is 2.08 bits per heavy atom. The van der Waals surface area contributed by atoms with Gasteiger partial charge < -0.3 is 5.73 Å². The van der Waals surface area contributed by atoms with E-state index in [0.717, 1.165) is 22.2 Å². The predicted molar refractivity (Wildman–Crippen MR) is 54.1 cm³/mol. The minimum absolute atomic E-state index is 0.488. The van der Waals surface area contributed by atoms with Crippen molar-refractivity contribution >= 4 is 10.9 Å². The Hall–Kier alpha value is -1.41. The lowest BCUT2D eigenvalue weighted by molar-refractivity contribution is 1.01. The zero-order chi connectivity index (χ0) is 9.26. The Labute approximate surface area is 77.4 Å². The summed E-state index contributed by atoms with van der Waals surface area (Å²) in [5, 5.41) is 1.12. The van der Waals surface area contributed by atoms with E-state index < -0.39 is 0 Å². The molecule has 0 aliphatic rings. The fourth-order valence-corrected chi connectivity index (χ4v) is 1.33. The number of pyridine rings is 1. The summed E-state index contributed by atoms with van der Waals surface area (Å²) in [6.07, 6.45) is 0. The molecule has 0 spiro atoms. The van der Waals surface area contributed by atoms with Crippen molar-refractivity contribution in [3.05, 3.63) is 48.5 Å². The summed E-state index contributed by atoms with van der Waals surface area (Å²) in [5.41, 5.74) is 8.41. The van der Waals surface area contributed by atoms with E-state index >= 15 is 0 Å². The number of nitrogens with two attached hydrogens (primary N) is 1. The molecule has 0 aliphatic heterocycles. The molecule has 0 saturated carbocycles. The standard InChI is InChI=1S/C11H11N2/c1-8-2-5-11-9(6-8)3-4-10(7-12)13-11/h2-6H,1,7,12H2. The summed E-state index contributed by atoms with van der Waals surface area (Å²) >= 11 is 0. The number of benzene rings is 1. The van der Waals surface area contributed by atoms with Crippen molar-refractivity contribution in [3.8, 4) is 0 Å². The Balaban J connectivity index is 2.66.